The number of aromatic nitrogens is 2. The molecule has 1 unspecified atom stereocenters. The molecule has 1 aromatic carbocycles. The Morgan fingerprint density at radius 1 is 1.44 bits per heavy atom. The molecule has 16 heavy (non-hydrogen) atoms. The molecule has 0 saturated carbocycles. The van der Waals surface area contributed by atoms with Gasteiger partial charge in [0.05, 0.1) is 6.04 Å². The second-order valence-corrected chi connectivity index (χ2v) is 3.65. The van der Waals surface area contributed by atoms with Gasteiger partial charge >= 0.3 is 0 Å². The van der Waals surface area contributed by atoms with E-state index in [1.165, 1.54) is 22.9 Å². The van der Waals surface area contributed by atoms with Crippen LogP contribution in [-0.4, -0.2) is 9.78 Å². The van der Waals surface area contributed by atoms with E-state index >= 15 is 0 Å². The summed E-state index contributed by atoms with van der Waals surface area (Å²) in [6.45, 7) is 1.80. The molecule has 4 nitrogen and oxygen atoms in total. The predicted octanol–water partition coefficient (Wildman–Crippen LogP) is 1.51. The molecule has 0 aliphatic rings. The maximum absolute atomic E-state index is 13.0. The molecule has 2 rings (SSSR count). The number of aromatic amines is 1. The van der Waals surface area contributed by atoms with Crippen LogP contribution in [-0.2, 0) is 0 Å². The van der Waals surface area contributed by atoms with Crippen molar-refractivity contribution in [2.75, 3.05) is 5.73 Å². The average Bonchev–Trinajstić information content (AvgIpc) is 2.57. The lowest BCUT2D eigenvalue weighted by Crippen LogP contribution is -2.20. The molecule has 0 radical (unpaired) electrons. The van der Waals surface area contributed by atoms with E-state index in [1.807, 2.05) is 0 Å². The number of anilines is 1. The van der Waals surface area contributed by atoms with Crippen LogP contribution in [0.5, 0.6) is 0 Å². The standard InChI is InChI=1S/C11H12FN3O/c1-7(8-3-2-4-9(12)5-8)15-11(16)6-10(13)14-15/h2-7,14H,13H2,1H3. The van der Waals surface area contributed by atoms with Gasteiger partial charge in [0.2, 0.25) is 0 Å². The molecule has 0 saturated heterocycles. The third kappa shape index (κ3) is 1.84. The highest BCUT2D eigenvalue weighted by atomic mass is 19.1. The van der Waals surface area contributed by atoms with E-state index in [0.717, 1.165) is 0 Å². The summed E-state index contributed by atoms with van der Waals surface area (Å²) >= 11 is 0. The number of nitrogens with two attached hydrogens (primary N) is 1. The van der Waals surface area contributed by atoms with Crippen LogP contribution in [0.15, 0.2) is 35.1 Å². The van der Waals surface area contributed by atoms with E-state index in [-0.39, 0.29) is 17.4 Å². The zero-order chi connectivity index (χ0) is 11.7. The van der Waals surface area contributed by atoms with Crippen molar-refractivity contribution in [2.45, 2.75) is 13.0 Å². The van der Waals surface area contributed by atoms with Crippen LogP contribution in [0.4, 0.5) is 10.2 Å². The maximum atomic E-state index is 13.0. The van der Waals surface area contributed by atoms with Gasteiger partial charge in [-0.15, -0.1) is 0 Å². The lowest BCUT2D eigenvalue weighted by atomic mass is 10.1. The van der Waals surface area contributed by atoms with Gasteiger partial charge in [0.25, 0.3) is 5.56 Å². The Morgan fingerprint density at radius 3 is 2.75 bits per heavy atom. The summed E-state index contributed by atoms with van der Waals surface area (Å²) < 4.78 is 14.4. The third-order valence-electron chi connectivity index (χ3n) is 2.48. The monoisotopic (exact) mass is 221 g/mol. The number of rotatable bonds is 2. The highest BCUT2D eigenvalue weighted by Crippen LogP contribution is 2.16. The van der Waals surface area contributed by atoms with E-state index < -0.39 is 0 Å². The molecule has 0 amide bonds. The van der Waals surface area contributed by atoms with Crippen LogP contribution in [0, 0.1) is 5.82 Å². The molecule has 0 fully saturated rings. The van der Waals surface area contributed by atoms with Crippen molar-refractivity contribution < 1.29 is 4.39 Å². The molecule has 1 heterocycles. The zero-order valence-electron chi connectivity index (χ0n) is 8.77. The molecule has 3 N–H and O–H groups in total. The average molecular weight is 221 g/mol. The quantitative estimate of drug-likeness (QED) is 0.807. The Hall–Kier alpha value is -2.04. The van der Waals surface area contributed by atoms with Gasteiger partial charge in [-0.3, -0.25) is 9.89 Å². The molecule has 1 atom stereocenters. The number of H-pyrrole nitrogens is 1. The van der Waals surface area contributed by atoms with Crippen LogP contribution in [0.1, 0.15) is 18.5 Å². The maximum Gasteiger partial charge on any atom is 0.269 e. The number of benzene rings is 1. The van der Waals surface area contributed by atoms with E-state index in [9.17, 15) is 9.18 Å². The molecular formula is C11H12FN3O. The van der Waals surface area contributed by atoms with Crippen molar-refractivity contribution in [1.82, 2.24) is 9.78 Å². The molecule has 0 aliphatic carbocycles. The first-order valence-electron chi connectivity index (χ1n) is 4.90. The summed E-state index contributed by atoms with van der Waals surface area (Å²) in [7, 11) is 0. The van der Waals surface area contributed by atoms with Crippen molar-refractivity contribution in [3.05, 3.63) is 52.1 Å². The highest BCUT2D eigenvalue weighted by Gasteiger charge is 2.11. The Kier molecular flexibility index (Phi) is 2.52. The Balaban J connectivity index is 2.42. The smallest absolute Gasteiger partial charge is 0.269 e. The lowest BCUT2D eigenvalue weighted by Gasteiger charge is -2.12. The SMILES string of the molecule is CC(c1cccc(F)c1)n1[nH]c(N)cc1=O. The van der Waals surface area contributed by atoms with Gasteiger partial charge < -0.3 is 5.73 Å². The van der Waals surface area contributed by atoms with Crippen molar-refractivity contribution >= 4 is 5.82 Å². The van der Waals surface area contributed by atoms with Gasteiger partial charge in [-0.05, 0) is 24.6 Å². The molecule has 5 heteroatoms. The first-order chi connectivity index (χ1) is 7.58. The Morgan fingerprint density at radius 2 is 2.19 bits per heavy atom. The summed E-state index contributed by atoms with van der Waals surface area (Å²) in [5.41, 5.74) is 5.96. The summed E-state index contributed by atoms with van der Waals surface area (Å²) in [6, 6.07) is 7.15. The predicted molar refractivity (Wildman–Crippen MR) is 59.7 cm³/mol. The number of hydrogen-bond donors (Lipinski definition) is 2. The summed E-state index contributed by atoms with van der Waals surface area (Å²) in [4.78, 5) is 11.5. The van der Waals surface area contributed by atoms with Crippen molar-refractivity contribution in [3.8, 4) is 0 Å². The van der Waals surface area contributed by atoms with Gasteiger partial charge in [0.1, 0.15) is 11.6 Å². The van der Waals surface area contributed by atoms with Crippen LogP contribution in [0.2, 0.25) is 0 Å². The van der Waals surface area contributed by atoms with E-state index in [1.54, 1.807) is 19.1 Å². The highest BCUT2D eigenvalue weighted by molar-refractivity contribution is 5.26. The van der Waals surface area contributed by atoms with Gasteiger partial charge in [0.15, 0.2) is 0 Å². The van der Waals surface area contributed by atoms with Gasteiger partial charge in [-0.25, -0.2) is 9.07 Å². The number of nitrogen functional groups attached to an aromatic ring is 1. The molecular weight excluding hydrogens is 209 g/mol. The zero-order valence-corrected chi connectivity index (χ0v) is 8.77. The first kappa shape index (κ1) is 10.5. The van der Waals surface area contributed by atoms with Crippen LogP contribution >= 0.6 is 0 Å². The van der Waals surface area contributed by atoms with Crippen LogP contribution in [0.3, 0.4) is 0 Å². The van der Waals surface area contributed by atoms with Crippen LogP contribution in [0.25, 0.3) is 0 Å². The Labute approximate surface area is 91.5 Å². The molecule has 1 aromatic heterocycles. The summed E-state index contributed by atoms with van der Waals surface area (Å²) in [5, 5.41) is 2.72. The van der Waals surface area contributed by atoms with E-state index in [2.05, 4.69) is 5.10 Å². The fourth-order valence-corrected chi connectivity index (χ4v) is 1.63. The second kappa shape index (κ2) is 3.84. The second-order valence-electron chi connectivity index (χ2n) is 3.65. The molecule has 84 valence electrons. The van der Waals surface area contributed by atoms with Crippen molar-refractivity contribution in [1.29, 1.82) is 0 Å². The van der Waals surface area contributed by atoms with Gasteiger partial charge in [-0.1, -0.05) is 12.1 Å². The fraction of sp³-hybridized carbons (Fsp3) is 0.182. The first-order valence-corrected chi connectivity index (χ1v) is 4.90. The lowest BCUT2D eigenvalue weighted by molar-refractivity contribution is 0.543. The van der Waals surface area contributed by atoms with Gasteiger partial charge in [-0.2, -0.15) is 0 Å². The van der Waals surface area contributed by atoms with Gasteiger partial charge in [0, 0.05) is 6.07 Å². The van der Waals surface area contributed by atoms with E-state index in [0.29, 0.717) is 11.4 Å². The minimum atomic E-state index is -0.322. The number of hydrogen-bond acceptors (Lipinski definition) is 2. The molecule has 0 bridgehead atoms. The third-order valence-corrected chi connectivity index (χ3v) is 2.48. The summed E-state index contributed by atoms with van der Waals surface area (Å²) in [5.74, 6) is -0.0230. The summed E-state index contributed by atoms with van der Waals surface area (Å²) in [6.07, 6.45) is 0. The van der Waals surface area contributed by atoms with E-state index in [4.69, 9.17) is 5.73 Å². The molecule has 0 aliphatic heterocycles. The largest absolute Gasteiger partial charge is 0.384 e. The Bertz CT molecular complexity index is 558. The molecule has 0 spiro atoms. The minimum Gasteiger partial charge on any atom is -0.384 e. The topological polar surface area (TPSA) is 63.8 Å². The number of nitrogens with zero attached hydrogens (tertiary/aromatic N) is 1. The van der Waals surface area contributed by atoms with Crippen LogP contribution < -0.4 is 11.3 Å². The fourth-order valence-electron chi connectivity index (χ4n) is 1.63. The van der Waals surface area contributed by atoms with Crippen molar-refractivity contribution in [2.24, 2.45) is 0 Å². The molecule has 2 aromatic rings. The minimum absolute atomic E-state index is 0.228. The number of halogens is 1. The normalized spacial score (nSPS) is 12.6. The van der Waals surface area contributed by atoms with Crippen molar-refractivity contribution in [3.63, 3.8) is 0 Å². The number of nitrogens with one attached hydrogen (secondary N) is 1.